The maximum Gasteiger partial charge on any atom is 0.412 e. The van der Waals surface area contributed by atoms with Crippen LogP contribution in [0.2, 0.25) is 10.0 Å². The second-order valence-electron chi connectivity index (χ2n) is 4.33. The monoisotopic (exact) mass is 367 g/mol. The summed E-state index contributed by atoms with van der Waals surface area (Å²) < 4.78 is 77.8. The van der Waals surface area contributed by atoms with Gasteiger partial charge in [-0.1, -0.05) is 30.1 Å². The molecule has 0 heterocycles. The first-order valence-electron chi connectivity index (χ1n) is 5.76. The van der Waals surface area contributed by atoms with Crippen molar-refractivity contribution in [1.82, 2.24) is 0 Å². The summed E-state index contributed by atoms with van der Waals surface area (Å²) in [4.78, 5) is 11.8. The van der Waals surface area contributed by atoms with Crippen LogP contribution in [0.4, 0.5) is 32.0 Å². The summed E-state index contributed by atoms with van der Waals surface area (Å²) >= 11 is 11.2. The molecule has 1 aromatic rings. The zero-order valence-corrected chi connectivity index (χ0v) is 12.4. The molecule has 1 rings (SSSR count). The standard InChI is InChI=1S/C12H9Cl2F6NO/c1-2-10(11(15,16)17,12(18,19)20)9(22)21-8-5-6(13)3-4-7(8)14/h3-5H,2H2,1H3,(H,21,22). The van der Waals surface area contributed by atoms with Gasteiger partial charge in [-0.25, -0.2) is 0 Å². The Bertz CT molecular complexity index is 556. The number of alkyl halides is 6. The fourth-order valence-electron chi connectivity index (χ4n) is 1.80. The van der Waals surface area contributed by atoms with Gasteiger partial charge >= 0.3 is 12.4 Å². The van der Waals surface area contributed by atoms with Crippen LogP contribution in [0.15, 0.2) is 18.2 Å². The molecule has 22 heavy (non-hydrogen) atoms. The molecule has 0 saturated heterocycles. The molecular formula is C12H9Cl2F6NO. The molecule has 1 aromatic carbocycles. The van der Waals surface area contributed by atoms with Crippen molar-refractivity contribution in [3.05, 3.63) is 28.2 Å². The quantitative estimate of drug-likeness (QED) is 0.706. The SMILES string of the molecule is CCC(C(=O)Nc1cc(Cl)ccc1Cl)(C(F)(F)F)C(F)(F)F. The number of rotatable bonds is 3. The van der Waals surface area contributed by atoms with Crippen molar-refractivity contribution < 1.29 is 31.1 Å². The number of anilines is 1. The second-order valence-corrected chi connectivity index (χ2v) is 5.18. The summed E-state index contributed by atoms with van der Waals surface area (Å²) in [7, 11) is 0. The number of carbonyl (C=O) groups is 1. The molecule has 0 unspecified atom stereocenters. The normalized spacial score (nSPS) is 13.1. The lowest BCUT2D eigenvalue weighted by atomic mass is 9.82. The predicted molar refractivity (Wildman–Crippen MR) is 69.9 cm³/mol. The van der Waals surface area contributed by atoms with Gasteiger partial charge in [-0.15, -0.1) is 0 Å². The smallest absolute Gasteiger partial charge is 0.324 e. The Balaban J connectivity index is 3.33. The van der Waals surface area contributed by atoms with E-state index in [1.807, 2.05) is 0 Å². The zero-order valence-electron chi connectivity index (χ0n) is 10.9. The van der Waals surface area contributed by atoms with E-state index in [4.69, 9.17) is 23.2 Å². The summed E-state index contributed by atoms with van der Waals surface area (Å²) in [6.07, 6.45) is -13.2. The van der Waals surface area contributed by atoms with Crippen LogP contribution in [0.3, 0.4) is 0 Å². The topological polar surface area (TPSA) is 29.1 Å². The third-order valence-electron chi connectivity index (χ3n) is 3.06. The van der Waals surface area contributed by atoms with E-state index in [9.17, 15) is 31.1 Å². The fraction of sp³-hybridized carbons (Fsp3) is 0.417. The minimum atomic E-state index is -5.82. The van der Waals surface area contributed by atoms with E-state index in [0.29, 0.717) is 6.92 Å². The molecule has 0 fully saturated rings. The highest BCUT2D eigenvalue weighted by Gasteiger charge is 2.74. The summed E-state index contributed by atoms with van der Waals surface area (Å²) in [5.41, 5.74) is -4.98. The summed E-state index contributed by atoms with van der Waals surface area (Å²) in [6, 6.07) is 3.35. The Morgan fingerprint density at radius 2 is 1.59 bits per heavy atom. The Kier molecular flexibility index (Phi) is 5.29. The highest BCUT2D eigenvalue weighted by atomic mass is 35.5. The molecule has 0 atom stereocenters. The van der Waals surface area contributed by atoms with Gasteiger partial charge in [-0.3, -0.25) is 4.79 Å². The number of carbonyl (C=O) groups excluding carboxylic acids is 1. The largest absolute Gasteiger partial charge is 0.412 e. The van der Waals surface area contributed by atoms with Crippen LogP contribution < -0.4 is 5.32 Å². The minimum absolute atomic E-state index is 0.0131. The lowest BCUT2D eigenvalue weighted by molar-refractivity contribution is -0.324. The van der Waals surface area contributed by atoms with Crippen molar-refractivity contribution in [2.75, 3.05) is 5.32 Å². The highest BCUT2D eigenvalue weighted by molar-refractivity contribution is 6.35. The van der Waals surface area contributed by atoms with E-state index in [0.717, 1.165) is 12.1 Å². The third-order valence-corrected chi connectivity index (χ3v) is 3.63. The molecule has 0 spiro atoms. The predicted octanol–water partition coefficient (Wildman–Crippen LogP) is 5.45. The second kappa shape index (κ2) is 6.16. The van der Waals surface area contributed by atoms with E-state index in [-0.39, 0.29) is 10.0 Å². The average molecular weight is 368 g/mol. The van der Waals surface area contributed by atoms with E-state index in [1.54, 1.807) is 5.32 Å². The molecule has 0 radical (unpaired) electrons. The molecule has 0 aliphatic heterocycles. The number of hydrogen-bond donors (Lipinski definition) is 1. The molecule has 2 nitrogen and oxygen atoms in total. The molecular weight excluding hydrogens is 359 g/mol. The van der Waals surface area contributed by atoms with Crippen molar-refractivity contribution in [2.45, 2.75) is 25.7 Å². The fourth-order valence-corrected chi connectivity index (χ4v) is 2.14. The highest BCUT2D eigenvalue weighted by Crippen LogP contribution is 2.53. The summed E-state index contributed by atoms with van der Waals surface area (Å²) in [6.45, 7) is 0.625. The van der Waals surface area contributed by atoms with E-state index in [2.05, 4.69) is 0 Å². The summed E-state index contributed by atoms with van der Waals surface area (Å²) in [5.74, 6) is -2.26. The first-order valence-corrected chi connectivity index (χ1v) is 6.52. The van der Waals surface area contributed by atoms with Crippen LogP contribution in [0, 0.1) is 5.41 Å². The van der Waals surface area contributed by atoms with Crippen LogP contribution in [0.5, 0.6) is 0 Å². The van der Waals surface area contributed by atoms with Crippen LogP contribution >= 0.6 is 23.2 Å². The van der Waals surface area contributed by atoms with Gasteiger partial charge in [-0.05, 0) is 24.6 Å². The molecule has 0 bridgehead atoms. The molecule has 124 valence electrons. The molecule has 0 aliphatic carbocycles. The van der Waals surface area contributed by atoms with Crippen LogP contribution in [0.25, 0.3) is 0 Å². The molecule has 1 amide bonds. The van der Waals surface area contributed by atoms with Gasteiger partial charge in [0.1, 0.15) is 0 Å². The van der Waals surface area contributed by atoms with E-state index < -0.39 is 35.8 Å². The third kappa shape index (κ3) is 3.27. The zero-order chi connectivity index (χ0) is 17.3. The Morgan fingerprint density at radius 3 is 2.00 bits per heavy atom. The van der Waals surface area contributed by atoms with Gasteiger partial charge in [0, 0.05) is 5.02 Å². The van der Waals surface area contributed by atoms with Gasteiger partial charge in [0.25, 0.3) is 0 Å². The summed E-state index contributed by atoms with van der Waals surface area (Å²) in [5, 5.41) is 1.30. The molecule has 0 aliphatic rings. The first kappa shape index (κ1) is 18.9. The van der Waals surface area contributed by atoms with Crippen molar-refractivity contribution in [1.29, 1.82) is 0 Å². The van der Waals surface area contributed by atoms with E-state index in [1.165, 1.54) is 6.07 Å². The van der Waals surface area contributed by atoms with Crippen molar-refractivity contribution in [3.8, 4) is 0 Å². The number of benzene rings is 1. The Labute approximate surface area is 131 Å². The maximum atomic E-state index is 13.0. The molecule has 10 heteroatoms. The molecule has 0 aromatic heterocycles. The van der Waals surface area contributed by atoms with Crippen molar-refractivity contribution in [3.63, 3.8) is 0 Å². The molecule has 0 saturated carbocycles. The van der Waals surface area contributed by atoms with Crippen LogP contribution in [0.1, 0.15) is 13.3 Å². The van der Waals surface area contributed by atoms with Gasteiger partial charge < -0.3 is 5.32 Å². The lowest BCUT2D eigenvalue weighted by Crippen LogP contribution is -2.57. The van der Waals surface area contributed by atoms with Crippen molar-refractivity contribution in [2.24, 2.45) is 5.41 Å². The van der Waals surface area contributed by atoms with Gasteiger partial charge in [0.2, 0.25) is 11.3 Å². The average Bonchev–Trinajstić information content (AvgIpc) is 2.31. The number of nitrogens with one attached hydrogen (secondary N) is 1. The molecule has 1 N–H and O–H groups in total. The van der Waals surface area contributed by atoms with Crippen molar-refractivity contribution >= 4 is 34.8 Å². The van der Waals surface area contributed by atoms with E-state index >= 15 is 0 Å². The Morgan fingerprint density at radius 1 is 1.09 bits per heavy atom. The number of hydrogen-bond acceptors (Lipinski definition) is 1. The lowest BCUT2D eigenvalue weighted by Gasteiger charge is -2.35. The number of halogens is 8. The Hall–Kier alpha value is -1.15. The van der Waals surface area contributed by atoms with Gasteiger partial charge in [-0.2, -0.15) is 26.3 Å². The maximum absolute atomic E-state index is 13.0. The first-order chi connectivity index (χ1) is 9.86. The van der Waals surface area contributed by atoms with Gasteiger partial charge in [0.05, 0.1) is 10.7 Å². The van der Waals surface area contributed by atoms with Gasteiger partial charge in [0.15, 0.2) is 0 Å². The minimum Gasteiger partial charge on any atom is -0.324 e. The number of amides is 1. The van der Waals surface area contributed by atoms with Crippen LogP contribution in [-0.2, 0) is 4.79 Å². The van der Waals surface area contributed by atoms with Crippen LogP contribution in [-0.4, -0.2) is 18.3 Å².